The number of thioether (sulfide) groups is 1. The summed E-state index contributed by atoms with van der Waals surface area (Å²) in [6, 6.07) is 26.3. The van der Waals surface area contributed by atoms with E-state index in [1.807, 2.05) is 62.6 Å². The van der Waals surface area contributed by atoms with Gasteiger partial charge in [-0.1, -0.05) is 54.6 Å². The normalized spacial score (nSPS) is 16.3. The number of aliphatic imine (C=N–C) groups is 1. The average Bonchev–Trinajstić information content (AvgIpc) is 3.08. The molecule has 4 rings (SSSR count). The van der Waals surface area contributed by atoms with Crippen molar-refractivity contribution >= 4 is 40.3 Å². The highest BCUT2D eigenvalue weighted by Gasteiger charge is 2.23. The summed E-state index contributed by atoms with van der Waals surface area (Å²) >= 11 is 1.36. The van der Waals surface area contributed by atoms with E-state index >= 15 is 0 Å². The van der Waals surface area contributed by atoms with Gasteiger partial charge in [-0.05, 0) is 58.8 Å². The molecular weight excluding hydrogens is 378 g/mol. The van der Waals surface area contributed by atoms with Crippen LogP contribution in [-0.4, -0.2) is 25.2 Å². The van der Waals surface area contributed by atoms with Gasteiger partial charge in [0.25, 0.3) is 5.91 Å². The Morgan fingerprint density at radius 1 is 0.862 bits per heavy atom. The molecular formula is C24H21N3OS. The second-order valence-corrected chi connectivity index (χ2v) is 7.91. The first kappa shape index (κ1) is 19.0. The molecule has 0 saturated carbocycles. The molecule has 0 aromatic heterocycles. The first-order chi connectivity index (χ1) is 14.1. The van der Waals surface area contributed by atoms with Crippen LogP contribution in [0.15, 0.2) is 88.8 Å². The van der Waals surface area contributed by atoms with Crippen LogP contribution < -0.4 is 10.2 Å². The lowest BCUT2D eigenvalue weighted by Crippen LogP contribution is -2.19. The number of carbonyl (C=O) groups is 1. The largest absolute Gasteiger partial charge is 0.378 e. The van der Waals surface area contributed by atoms with Crippen LogP contribution in [0, 0.1) is 0 Å². The Hall–Kier alpha value is -3.31. The molecule has 0 radical (unpaired) electrons. The maximum Gasteiger partial charge on any atom is 0.264 e. The third kappa shape index (κ3) is 4.58. The van der Waals surface area contributed by atoms with Gasteiger partial charge in [0.1, 0.15) is 0 Å². The molecule has 0 unspecified atom stereocenters. The minimum atomic E-state index is -0.118. The monoisotopic (exact) mass is 399 g/mol. The summed E-state index contributed by atoms with van der Waals surface area (Å²) in [4.78, 5) is 19.5. The van der Waals surface area contributed by atoms with Crippen LogP contribution in [0.25, 0.3) is 17.2 Å². The lowest BCUT2D eigenvalue weighted by atomic mass is 10.0. The lowest BCUT2D eigenvalue weighted by molar-refractivity contribution is -0.115. The van der Waals surface area contributed by atoms with Gasteiger partial charge in [-0.25, -0.2) is 4.99 Å². The predicted octanol–water partition coefficient (Wildman–Crippen LogP) is 5.31. The van der Waals surface area contributed by atoms with Gasteiger partial charge in [-0.2, -0.15) is 0 Å². The molecule has 4 nitrogen and oxygen atoms in total. The van der Waals surface area contributed by atoms with Crippen molar-refractivity contribution in [2.24, 2.45) is 4.99 Å². The molecule has 29 heavy (non-hydrogen) atoms. The highest BCUT2D eigenvalue weighted by Crippen LogP contribution is 2.29. The highest BCUT2D eigenvalue weighted by atomic mass is 32.2. The van der Waals surface area contributed by atoms with Gasteiger partial charge in [0.15, 0.2) is 5.17 Å². The van der Waals surface area contributed by atoms with Crippen molar-refractivity contribution in [1.29, 1.82) is 0 Å². The summed E-state index contributed by atoms with van der Waals surface area (Å²) in [5, 5.41) is 3.43. The Labute approximate surface area is 175 Å². The summed E-state index contributed by atoms with van der Waals surface area (Å²) < 4.78 is 0. The minimum Gasteiger partial charge on any atom is -0.378 e. The molecule has 1 amide bonds. The van der Waals surface area contributed by atoms with Gasteiger partial charge in [-0.15, -0.1) is 0 Å². The summed E-state index contributed by atoms with van der Waals surface area (Å²) in [6.07, 6.45) is 1.90. The Balaban J connectivity index is 1.50. The Kier molecular flexibility index (Phi) is 5.49. The second-order valence-electron chi connectivity index (χ2n) is 6.88. The van der Waals surface area contributed by atoms with Crippen LogP contribution in [0.5, 0.6) is 0 Å². The molecule has 3 aromatic rings. The van der Waals surface area contributed by atoms with Gasteiger partial charge in [0.05, 0.1) is 10.6 Å². The van der Waals surface area contributed by atoms with Crippen molar-refractivity contribution in [3.05, 3.63) is 89.3 Å². The molecule has 1 aliphatic heterocycles. The zero-order valence-corrected chi connectivity index (χ0v) is 17.1. The van der Waals surface area contributed by atoms with Gasteiger partial charge in [-0.3, -0.25) is 4.79 Å². The number of amidine groups is 1. The van der Waals surface area contributed by atoms with Gasteiger partial charge in [0, 0.05) is 19.8 Å². The lowest BCUT2D eigenvalue weighted by Gasteiger charge is -2.12. The van der Waals surface area contributed by atoms with Crippen LogP contribution in [0.2, 0.25) is 0 Å². The number of carbonyl (C=O) groups excluding carboxylic acids is 1. The van der Waals surface area contributed by atoms with E-state index < -0.39 is 0 Å². The van der Waals surface area contributed by atoms with Crippen molar-refractivity contribution in [2.45, 2.75) is 0 Å². The second kappa shape index (κ2) is 8.37. The number of para-hydroxylation sites is 1. The van der Waals surface area contributed by atoms with E-state index in [0.717, 1.165) is 16.8 Å². The molecule has 5 heteroatoms. The maximum absolute atomic E-state index is 12.3. The van der Waals surface area contributed by atoms with Crippen molar-refractivity contribution in [3.63, 3.8) is 0 Å². The molecule has 144 valence electrons. The molecule has 0 spiro atoms. The van der Waals surface area contributed by atoms with Crippen molar-refractivity contribution < 1.29 is 4.79 Å². The molecule has 0 bridgehead atoms. The van der Waals surface area contributed by atoms with Crippen LogP contribution in [0.3, 0.4) is 0 Å². The van der Waals surface area contributed by atoms with Crippen molar-refractivity contribution in [3.8, 4) is 11.1 Å². The van der Waals surface area contributed by atoms with E-state index in [1.165, 1.54) is 23.0 Å². The zero-order valence-electron chi connectivity index (χ0n) is 16.3. The fraction of sp³-hybridized carbons (Fsp3) is 0.0833. The van der Waals surface area contributed by atoms with E-state index in [9.17, 15) is 4.79 Å². The fourth-order valence-corrected chi connectivity index (χ4v) is 3.82. The number of anilines is 1. The van der Waals surface area contributed by atoms with E-state index in [0.29, 0.717) is 10.1 Å². The summed E-state index contributed by atoms with van der Waals surface area (Å²) in [7, 11) is 4.06. The van der Waals surface area contributed by atoms with Crippen molar-refractivity contribution in [1.82, 2.24) is 5.32 Å². The molecule has 1 N–H and O–H groups in total. The number of benzene rings is 3. The third-order valence-electron chi connectivity index (χ3n) is 4.56. The molecule has 1 heterocycles. The number of hydrogen-bond donors (Lipinski definition) is 1. The van der Waals surface area contributed by atoms with Crippen LogP contribution in [-0.2, 0) is 4.79 Å². The highest BCUT2D eigenvalue weighted by molar-refractivity contribution is 8.18. The standard InChI is InChI=1S/C24H21N3OS/c1-27(2)21-14-12-19(13-15-21)18-10-8-17(9-11-18)16-22-23(28)26-24(29-22)25-20-6-4-3-5-7-20/h3-16H,1-2H3,(H,25,26,28)/b22-16+. The minimum absolute atomic E-state index is 0.118. The van der Waals surface area contributed by atoms with Crippen LogP contribution in [0.1, 0.15) is 5.56 Å². The van der Waals surface area contributed by atoms with Crippen LogP contribution >= 0.6 is 11.8 Å². The Bertz CT molecular complexity index is 1070. The quantitative estimate of drug-likeness (QED) is 0.605. The smallest absolute Gasteiger partial charge is 0.264 e. The number of rotatable bonds is 4. The molecule has 1 aliphatic rings. The SMILES string of the molecule is CN(C)c1ccc(-c2ccc(/C=C3/SC(=Nc4ccccc4)NC3=O)cc2)cc1. The number of nitrogens with zero attached hydrogens (tertiary/aromatic N) is 2. The van der Waals surface area contributed by atoms with Gasteiger partial charge in [0.2, 0.25) is 0 Å². The topological polar surface area (TPSA) is 44.7 Å². The molecule has 0 atom stereocenters. The first-order valence-corrected chi connectivity index (χ1v) is 10.1. The predicted molar refractivity (Wildman–Crippen MR) is 123 cm³/mol. The van der Waals surface area contributed by atoms with Gasteiger partial charge >= 0.3 is 0 Å². The number of hydrogen-bond acceptors (Lipinski definition) is 4. The number of amides is 1. The summed E-state index contributed by atoms with van der Waals surface area (Å²) in [5.74, 6) is -0.118. The molecule has 1 fully saturated rings. The molecule has 1 saturated heterocycles. The zero-order chi connectivity index (χ0) is 20.2. The van der Waals surface area contributed by atoms with E-state index in [4.69, 9.17) is 0 Å². The van der Waals surface area contributed by atoms with Crippen molar-refractivity contribution in [2.75, 3.05) is 19.0 Å². The molecule has 0 aliphatic carbocycles. The summed E-state index contributed by atoms with van der Waals surface area (Å²) in [5.41, 5.74) is 5.29. The first-order valence-electron chi connectivity index (χ1n) is 9.31. The number of nitrogens with one attached hydrogen (secondary N) is 1. The Morgan fingerprint density at radius 2 is 1.48 bits per heavy atom. The van der Waals surface area contributed by atoms with E-state index in [1.54, 1.807) is 0 Å². The Morgan fingerprint density at radius 3 is 2.10 bits per heavy atom. The third-order valence-corrected chi connectivity index (χ3v) is 5.47. The van der Waals surface area contributed by atoms with Gasteiger partial charge < -0.3 is 10.2 Å². The van der Waals surface area contributed by atoms with E-state index in [-0.39, 0.29) is 5.91 Å². The van der Waals surface area contributed by atoms with E-state index in [2.05, 4.69) is 51.6 Å². The average molecular weight is 400 g/mol. The summed E-state index contributed by atoms with van der Waals surface area (Å²) in [6.45, 7) is 0. The molecule has 3 aromatic carbocycles. The fourth-order valence-electron chi connectivity index (χ4n) is 2.98. The van der Waals surface area contributed by atoms with Crippen LogP contribution in [0.4, 0.5) is 11.4 Å². The maximum atomic E-state index is 12.3.